The minimum absolute atomic E-state index is 0.0466. The summed E-state index contributed by atoms with van der Waals surface area (Å²) in [6.07, 6.45) is 0.590. The van der Waals surface area contributed by atoms with Crippen molar-refractivity contribution in [1.82, 2.24) is 15.5 Å². The van der Waals surface area contributed by atoms with Crippen LogP contribution in [-0.2, 0) is 9.59 Å². The first kappa shape index (κ1) is 15.5. The molecule has 6 heteroatoms. The maximum absolute atomic E-state index is 12.5. The van der Waals surface area contributed by atoms with Gasteiger partial charge >= 0.3 is 0 Å². The molecule has 6 nitrogen and oxygen atoms in total. The van der Waals surface area contributed by atoms with Crippen molar-refractivity contribution in [2.45, 2.75) is 38.4 Å². The van der Waals surface area contributed by atoms with Crippen molar-refractivity contribution in [3.63, 3.8) is 0 Å². The number of hydrogen-bond acceptors (Lipinski definition) is 3. The van der Waals surface area contributed by atoms with Gasteiger partial charge in [0.2, 0.25) is 11.8 Å². The highest BCUT2D eigenvalue weighted by Crippen LogP contribution is 2.25. The number of carbonyl (C=O) groups is 3. The van der Waals surface area contributed by atoms with Crippen LogP contribution in [0, 0.1) is 5.92 Å². The van der Waals surface area contributed by atoms with Gasteiger partial charge in [0.25, 0.3) is 5.91 Å². The molecule has 0 saturated carbocycles. The van der Waals surface area contributed by atoms with Crippen molar-refractivity contribution in [2.24, 2.45) is 5.92 Å². The Morgan fingerprint density at radius 3 is 2.61 bits per heavy atom. The first-order chi connectivity index (χ1) is 11.0. The van der Waals surface area contributed by atoms with Gasteiger partial charge in [-0.15, -0.1) is 0 Å². The Morgan fingerprint density at radius 2 is 1.96 bits per heavy atom. The highest BCUT2D eigenvalue weighted by Gasteiger charge is 2.49. The third-order valence-corrected chi connectivity index (χ3v) is 4.53. The van der Waals surface area contributed by atoms with Crippen LogP contribution in [0.2, 0.25) is 0 Å². The Morgan fingerprint density at radius 1 is 1.26 bits per heavy atom. The third kappa shape index (κ3) is 2.81. The number of nitrogens with zero attached hydrogens (tertiary/aromatic N) is 1. The molecule has 0 radical (unpaired) electrons. The molecule has 2 aliphatic rings. The molecule has 2 heterocycles. The molecule has 0 unspecified atom stereocenters. The van der Waals surface area contributed by atoms with Gasteiger partial charge < -0.3 is 15.5 Å². The lowest BCUT2D eigenvalue weighted by molar-refractivity contribution is -0.148. The number of carbonyl (C=O) groups excluding carboxylic acids is 3. The third-order valence-electron chi connectivity index (χ3n) is 4.53. The standard InChI is InChI=1S/C17H21N3O3/c1-10(2)13-17(23)20-9-8-12(14(20)16(22)19-13)18-15(21)11-6-4-3-5-7-11/h3-7,10,12-14H,8-9H2,1-2H3,(H,18,21)(H,19,22)/t12-,13-,14-/m0/s1. The van der Waals surface area contributed by atoms with E-state index in [0.29, 0.717) is 18.5 Å². The molecule has 3 atom stereocenters. The van der Waals surface area contributed by atoms with E-state index in [-0.39, 0.29) is 29.7 Å². The van der Waals surface area contributed by atoms with Crippen LogP contribution in [0.15, 0.2) is 30.3 Å². The molecular formula is C17H21N3O3. The quantitative estimate of drug-likeness (QED) is 0.854. The molecule has 0 aromatic heterocycles. The molecule has 23 heavy (non-hydrogen) atoms. The number of amides is 3. The van der Waals surface area contributed by atoms with Crippen LogP contribution in [0.4, 0.5) is 0 Å². The summed E-state index contributed by atoms with van der Waals surface area (Å²) < 4.78 is 0. The molecular weight excluding hydrogens is 294 g/mol. The van der Waals surface area contributed by atoms with Crippen molar-refractivity contribution >= 4 is 17.7 Å². The van der Waals surface area contributed by atoms with Crippen molar-refractivity contribution in [3.05, 3.63) is 35.9 Å². The van der Waals surface area contributed by atoms with Gasteiger partial charge in [-0.25, -0.2) is 0 Å². The number of hydrogen-bond donors (Lipinski definition) is 2. The molecule has 2 fully saturated rings. The largest absolute Gasteiger partial charge is 0.347 e. The first-order valence-corrected chi connectivity index (χ1v) is 7.96. The number of piperazine rings is 1. The van der Waals surface area contributed by atoms with E-state index in [1.54, 1.807) is 29.2 Å². The van der Waals surface area contributed by atoms with E-state index in [9.17, 15) is 14.4 Å². The molecule has 2 saturated heterocycles. The zero-order chi connectivity index (χ0) is 16.6. The van der Waals surface area contributed by atoms with Crippen molar-refractivity contribution in [1.29, 1.82) is 0 Å². The van der Waals surface area contributed by atoms with Gasteiger partial charge in [0.15, 0.2) is 0 Å². The lowest BCUT2D eigenvalue weighted by atomic mass is 9.97. The normalized spacial score (nSPS) is 26.9. The van der Waals surface area contributed by atoms with Gasteiger partial charge in [-0.3, -0.25) is 14.4 Å². The van der Waals surface area contributed by atoms with E-state index >= 15 is 0 Å². The van der Waals surface area contributed by atoms with Gasteiger partial charge in [0.1, 0.15) is 12.1 Å². The van der Waals surface area contributed by atoms with Gasteiger partial charge in [-0.1, -0.05) is 32.0 Å². The van der Waals surface area contributed by atoms with Gasteiger partial charge in [-0.2, -0.15) is 0 Å². The SMILES string of the molecule is CC(C)[C@@H]1NC(=O)[C@@H]2[C@@H](NC(=O)c3ccccc3)CCN2C1=O. The minimum Gasteiger partial charge on any atom is -0.347 e. The molecule has 0 spiro atoms. The fraction of sp³-hybridized carbons (Fsp3) is 0.471. The van der Waals surface area contributed by atoms with E-state index < -0.39 is 12.1 Å². The Kier molecular flexibility index (Phi) is 4.07. The van der Waals surface area contributed by atoms with E-state index in [1.165, 1.54) is 0 Å². The minimum atomic E-state index is -0.606. The molecule has 3 rings (SSSR count). The monoisotopic (exact) mass is 315 g/mol. The van der Waals surface area contributed by atoms with Crippen LogP contribution in [-0.4, -0.2) is 47.3 Å². The molecule has 3 amide bonds. The lowest BCUT2D eigenvalue weighted by Gasteiger charge is -2.37. The van der Waals surface area contributed by atoms with Gasteiger partial charge in [0.05, 0.1) is 6.04 Å². The second kappa shape index (κ2) is 6.02. The summed E-state index contributed by atoms with van der Waals surface area (Å²) in [6, 6.07) is 7.45. The molecule has 122 valence electrons. The van der Waals surface area contributed by atoms with Crippen molar-refractivity contribution in [3.8, 4) is 0 Å². The second-order valence-corrected chi connectivity index (χ2v) is 6.44. The summed E-state index contributed by atoms with van der Waals surface area (Å²) in [7, 11) is 0. The van der Waals surface area contributed by atoms with Crippen molar-refractivity contribution < 1.29 is 14.4 Å². The van der Waals surface area contributed by atoms with Crippen molar-refractivity contribution in [2.75, 3.05) is 6.54 Å². The Labute approximate surface area is 135 Å². The van der Waals surface area contributed by atoms with Gasteiger partial charge in [-0.05, 0) is 24.5 Å². The highest BCUT2D eigenvalue weighted by molar-refractivity contribution is 5.99. The maximum atomic E-state index is 12.5. The van der Waals surface area contributed by atoms with Crippen LogP contribution in [0.1, 0.15) is 30.6 Å². The molecule has 2 aliphatic heterocycles. The number of fused-ring (bicyclic) bond motifs is 1. The van der Waals surface area contributed by atoms with E-state index in [0.717, 1.165) is 0 Å². The molecule has 1 aromatic carbocycles. The van der Waals surface area contributed by atoms with Crippen LogP contribution < -0.4 is 10.6 Å². The van der Waals surface area contributed by atoms with E-state index in [1.807, 2.05) is 19.9 Å². The fourth-order valence-corrected chi connectivity index (χ4v) is 3.29. The number of benzene rings is 1. The van der Waals surface area contributed by atoms with Crippen LogP contribution in [0.25, 0.3) is 0 Å². The smallest absolute Gasteiger partial charge is 0.251 e. The average Bonchev–Trinajstić information content (AvgIpc) is 2.96. The summed E-state index contributed by atoms with van der Waals surface area (Å²) in [5, 5.41) is 5.69. The average molecular weight is 315 g/mol. The zero-order valence-electron chi connectivity index (χ0n) is 13.3. The summed E-state index contributed by atoms with van der Waals surface area (Å²) in [5.41, 5.74) is 0.550. The Hall–Kier alpha value is -2.37. The first-order valence-electron chi connectivity index (χ1n) is 7.96. The maximum Gasteiger partial charge on any atom is 0.251 e. The topological polar surface area (TPSA) is 78.5 Å². The van der Waals surface area contributed by atoms with Crippen LogP contribution in [0.5, 0.6) is 0 Å². The predicted octanol–water partition coefficient (Wildman–Crippen LogP) is 0.540. The van der Waals surface area contributed by atoms with E-state index in [2.05, 4.69) is 10.6 Å². The zero-order valence-corrected chi connectivity index (χ0v) is 13.3. The summed E-state index contributed by atoms with van der Waals surface area (Å²) in [6.45, 7) is 4.32. The Bertz CT molecular complexity index is 629. The molecule has 0 aliphatic carbocycles. The van der Waals surface area contributed by atoms with Crippen LogP contribution in [0.3, 0.4) is 0 Å². The molecule has 0 bridgehead atoms. The summed E-state index contributed by atoms with van der Waals surface area (Å²) in [4.78, 5) is 38.8. The molecule has 1 aromatic rings. The van der Waals surface area contributed by atoms with Gasteiger partial charge in [0, 0.05) is 12.1 Å². The van der Waals surface area contributed by atoms with E-state index in [4.69, 9.17) is 0 Å². The van der Waals surface area contributed by atoms with Crippen LogP contribution >= 0.6 is 0 Å². The predicted molar refractivity (Wildman–Crippen MR) is 84.6 cm³/mol. The molecule has 2 N–H and O–H groups in total. The number of nitrogens with one attached hydrogen (secondary N) is 2. The summed E-state index contributed by atoms with van der Waals surface area (Å²) in [5.74, 6) is -0.408. The lowest BCUT2D eigenvalue weighted by Crippen LogP contribution is -2.66. The highest BCUT2D eigenvalue weighted by atomic mass is 16.2. The summed E-state index contributed by atoms with van der Waals surface area (Å²) >= 11 is 0. The Balaban J connectivity index is 1.74. The number of rotatable bonds is 3. The second-order valence-electron chi connectivity index (χ2n) is 6.44. The fourth-order valence-electron chi connectivity index (χ4n) is 3.29.